The number of carbonyl (C=O) groups excluding carboxylic acids is 2. The molecule has 1 saturated heterocycles. The molecule has 5 rings (SSSR count). The molecular weight excluding hydrogens is 464 g/mol. The predicted molar refractivity (Wildman–Crippen MR) is 132 cm³/mol. The summed E-state index contributed by atoms with van der Waals surface area (Å²) < 4.78 is 19.1. The third-order valence-electron chi connectivity index (χ3n) is 5.72. The molecule has 0 spiro atoms. The molecule has 11 heteroatoms. The maximum atomic E-state index is 12.8. The first-order chi connectivity index (χ1) is 17.2. The number of aromatic nitrogens is 4. The van der Waals surface area contributed by atoms with Gasteiger partial charge in [0.15, 0.2) is 11.4 Å². The average Bonchev–Trinajstić information content (AvgIpc) is 3.54. The number of pyridine rings is 1. The number of nitrogens with zero attached hydrogens (tertiary/aromatic N) is 5. The van der Waals surface area contributed by atoms with Gasteiger partial charge in [-0.1, -0.05) is 0 Å². The Balaban J connectivity index is 1.46. The van der Waals surface area contributed by atoms with Crippen LogP contribution in [0.2, 0.25) is 0 Å². The van der Waals surface area contributed by atoms with Crippen LogP contribution in [-0.2, 0) is 9.53 Å². The van der Waals surface area contributed by atoms with Crippen molar-refractivity contribution in [1.29, 1.82) is 0 Å². The zero-order valence-corrected chi connectivity index (χ0v) is 20.6. The predicted octanol–water partition coefficient (Wildman–Crippen LogP) is 3.96. The standard InChI is InChI=1S/C25H28N6O5/c1-5-30(24(33)36-25(2,3)4)23-16-12-19(35-18(16)10-11-26-23)17-13-27-20-7-9-22(29-31(17)20)34-14-15-6-8-21(32)28-15/h7,9-13,15H,5-6,8,14H2,1-4H3,(H,28,32). The van der Waals surface area contributed by atoms with E-state index in [9.17, 15) is 9.59 Å². The number of anilines is 1. The van der Waals surface area contributed by atoms with Gasteiger partial charge in [0, 0.05) is 25.2 Å². The number of furan rings is 1. The molecule has 36 heavy (non-hydrogen) atoms. The highest BCUT2D eigenvalue weighted by Crippen LogP contribution is 2.33. The molecule has 11 nitrogen and oxygen atoms in total. The monoisotopic (exact) mass is 492 g/mol. The fourth-order valence-electron chi connectivity index (χ4n) is 4.06. The lowest BCUT2D eigenvalue weighted by Gasteiger charge is -2.26. The zero-order valence-electron chi connectivity index (χ0n) is 20.6. The first-order valence-electron chi connectivity index (χ1n) is 11.9. The van der Waals surface area contributed by atoms with E-state index in [2.05, 4.69) is 20.4 Å². The number of hydrogen-bond donors (Lipinski definition) is 1. The summed E-state index contributed by atoms with van der Waals surface area (Å²) in [6.45, 7) is 8.04. The number of nitrogens with one attached hydrogen (secondary N) is 1. The van der Waals surface area contributed by atoms with Gasteiger partial charge in [0.2, 0.25) is 11.8 Å². The van der Waals surface area contributed by atoms with Gasteiger partial charge >= 0.3 is 6.09 Å². The van der Waals surface area contributed by atoms with Gasteiger partial charge in [-0.25, -0.2) is 19.3 Å². The third kappa shape index (κ3) is 4.68. The highest BCUT2D eigenvalue weighted by Gasteiger charge is 2.26. The minimum absolute atomic E-state index is 0.0231. The second-order valence-corrected chi connectivity index (χ2v) is 9.58. The highest BCUT2D eigenvalue weighted by atomic mass is 16.6. The van der Waals surface area contributed by atoms with Crippen molar-refractivity contribution in [3.05, 3.63) is 36.7 Å². The van der Waals surface area contributed by atoms with Crippen LogP contribution in [-0.4, -0.2) is 56.4 Å². The van der Waals surface area contributed by atoms with Crippen LogP contribution in [0, 0.1) is 0 Å². The summed E-state index contributed by atoms with van der Waals surface area (Å²) in [6, 6.07) is 7.08. The number of fused-ring (bicyclic) bond motifs is 2. The van der Waals surface area contributed by atoms with Crippen LogP contribution in [0.4, 0.5) is 10.6 Å². The molecule has 0 aromatic carbocycles. The Bertz CT molecular complexity index is 1440. The molecule has 1 atom stereocenters. The van der Waals surface area contributed by atoms with Gasteiger partial charge in [-0.2, -0.15) is 0 Å². The molecule has 1 N–H and O–H groups in total. The molecule has 1 unspecified atom stereocenters. The Morgan fingerprint density at radius 2 is 2.11 bits per heavy atom. The third-order valence-corrected chi connectivity index (χ3v) is 5.72. The second-order valence-electron chi connectivity index (χ2n) is 9.58. The molecule has 1 aliphatic rings. The van der Waals surface area contributed by atoms with Crippen LogP contribution in [0.3, 0.4) is 0 Å². The molecule has 1 aliphatic heterocycles. The van der Waals surface area contributed by atoms with Gasteiger partial charge in [-0.15, -0.1) is 5.10 Å². The van der Waals surface area contributed by atoms with Gasteiger partial charge in [0.1, 0.15) is 29.3 Å². The van der Waals surface area contributed by atoms with Crippen molar-refractivity contribution in [2.45, 2.75) is 52.2 Å². The molecular formula is C25H28N6O5. The van der Waals surface area contributed by atoms with E-state index < -0.39 is 11.7 Å². The van der Waals surface area contributed by atoms with Crippen molar-refractivity contribution >= 4 is 34.4 Å². The van der Waals surface area contributed by atoms with Gasteiger partial charge in [0.25, 0.3) is 0 Å². The van der Waals surface area contributed by atoms with Crippen molar-refractivity contribution < 1.29 is 23.5 Å². The van der Waals surface area contributed by atoms with Crippen LogP contribution in [0.5, 0.6) is 5.88 Å². The van der Waals surface area contributed by atoms with E-state index in [0.717, 1.165) is 6.42 Å². The van der Waals surface area contributed by atoms with Crippen molar-refractivity contribution in [3.63, 3.8) is 0 Å². The molecule has 4 aromatic heterocycles. The van der Waals surface area contributed by atoms with E-state index in [1.165, 1.54) is 4.90 Å². The van der Waals surface area contributed by atoms with Crippen LogP contribution in [0.25, 0.3) is 28.1 Å². The first-order valence-corrected chi connectivity index (χ1v) is 11.9. The maximum Gasteiger partial charge on any atom is 0.416 e. The molecule has 0 bridgehead atoms. The Morgan fingerprint density at radius 1 is 1.28 bits per heavy atom. The molecule has 1 fully saturated rings. The fraction of sp³-hybridized carbons (Fsp3) is 0.400. The second kappa shape index (κ2) is 9.14. The number of imidazole rings is 1. The van der Waals surface area contributed by atoms with Crippen LogP contribution >= 0.6 is 0 Å². The lowest BCUT2D eigenvalue weighted by Crippen LogP contribution is -2.37. The van der Waals surface area contributed by atoms with Gasteiger partial charge < -0.3 is 19.2 Å². The Hall–Kier alpha value is -4.15. The summed E-state index contributed by atoms with van der Waals surface area (Å²) in [7, 11) is 0. The summed E-state index contributed by atoms with van der Waals surface area (Å²) >= 11 is 0. The average molecular weight is 493 g/mol. The number of amides is 2. The largest absolute Gasteiger partial charge is 0.474 e. The zero-order chi connectivity index (χ0) is 25.4. The topological polar surface area (TPSA) is 124 Å². The van der Waals surface area contributed by atoms with Crippen molar-refractivity contribution in [2.75, 3.05) is 18.1 Å². The Morgan fingerprint density at radius 3 is 2.83 bits per heavy atom. The molecule has 2 amide bonds. The normalized spacial score (nSPS) is 15.9. The quantitative estimate of drug-likeness (QED) is 0.429. The molecule has 4 aromatic rings. The van der Waals surface area contributed by atoms with Crippen LogP contribution in [0.15, 0.2) is 41.1 Å². The smallest absolute Gasteiger partial charge is 0.416 e. The summed E-state index contributed by atoms with van der Waals surface area (Å²) in [5.41, 5.74) is 1.17. The molecule has 0 saturated carbocycles. The minimum atomic E-state index is -0.634. The van der Waals surface area contributed by atoms with E-state index >= 15 is 0 Å². The van der Waals surface area contributed by atoms with Crippen molar-refractivity contribution in [3.8, 4) is 17.3 Å². The lowest BCUT2D eigenvalue weighted by molar-refractivity contribution is -0.119. The van der Waals surface area contributed by atoms with E-state index in [1.807, 2.05) is 33.8 Å². The number of hydrogen-bond acceptors (Lipinski definition) is 8. The highest BCUT2D eigenvalue weighted by molar-refractivity contribution is 5.99. The Kier molecular flexibility index (Phi) is 5.99. The van der Waals surface area contributed by atoms with Crippen molar-refractivity contribution in [2.24, 2.45) is 0 Å². The Labute approximate surface area is 207 Å². The van der Waals surface area contributed by atoms with E-state index in [1.54, 1.807) is 35.1 Å². The van der Waals surface area contributed by atoms with Crippen LogP contribution in [0.1, 0.15) is 40.5 Å². The maximum absolute atomic E-state index is 12.8. The summed E-state index contributed by atoms with van der Waals surface area (Å²) in [6.07, 6.45) is 4.03. The van der Waals surface area contributed by atoms with Gasteiger partial charge in [-0.05, 0) is 52.3 Å². The molecule has 5 heterocycles. The van der Waals surface area contributed by atoms with Crippen molar-refractivity contribution in [1.82, 2.24) is 24.9 Å². The van der Waals surface area contributed by atoms with Gasteiger partial charge in [0.05, 0.1) is 17.6 Å². The number of carbonyl (C=O) groups is 2. The summed E-state index contributed by atoms with van der Waals surface area (Å²) in [5.74, 6) is 1.41. The molecule has 0 radical (unpaired) electrons. The molecule has 188 valence electrons. The van der Waals surface area contributed by atoms with E-state index in [-0.39, 0.29) is 11.9 Å². The minimum Gasteiger partial charge on any atom is -0.474 e. The van der Waals surface area contributed by atoms with E-state index in [4.69, 9.17) is 13.9 Å². The summed E-state index contributed by atoms with van der Waals surface area (Å²) in [4.78, 5) is 34.6. The lowest BCUT2D eigenvalue weighted by atomic mass is 10.2. The first kappa shape index (κ1) is 23.6. The molecule has 0 aliphatic carbocycles. The number of rotatable bonds is 6. The SMILES string of the molecule is CCN(C(=O)OC(C)(C)C)c1nccc2oc(-c3cnc4ccc(OCC5CCC(=O)N5)nn34)cc12. The van der Waals surface area contributed by atoms with E-state index in [0.29, 0.717) is 59.3 Å². The number of ether oxygens (including phenoxy) is 2. The van der Waals surface area contributed by atoms with Gasteiger partial charge in [-0.3, -0.25) is 9.69 Å². The fourth-order valence-corrected chi connectivity index (χ4v) is 4.06. The summed E-state index contributed by atoms with van der Waals surface area (Å²) in [5, 5.41) is 8.11. The van der Waals surface area contributed by atoms with Crippen LogP contribution < -0.4 is 15.0 Å².